The van der Waals surface area contributed by atoms with Crippen LogP contribution in [-0.4, -0.2) is 45.4 Å². The first-order chi connectivity index (χ1) is 14.8. The smallest absolute Gasteiger partial charge is 0.234 e. The number of hydrogen-bond donors (Lipinski definition) is 1. The highest BCUT2D eigenvalue weighted by Crippen LogP contribution is 2.28. The molecule has 1 atom stereocenters. The normalized spacial score (nSPS) is 11.9. The Hall–Kier alpha value is -2.57. The van der Waals surface area contributed by atoms with E-state index in [0.29, 0.717) is 26.5 Å². The van der Waals surface area contributed by atoms with Crippen LogP contribution in [0.25, 0.3) is 5.69 Å². The minimum absolute atomic E-state index is 0.00370. The molecular formula is C21H20Cl2N6OS. The number of benzene rings is 2. The molecule has 10 heteroatoms. The number of nitriles is 1. The van der Waals surface area contributed by atoms with Crippen LogP contribution in [0, 0.1) is 11.3 Å². The molecule has 7 nitrogen and oxygen atoms in total. The van der Waals surface area contributed by atoms with Gasteiger partial charge in [0, 0.05) is 15.7 Å². The Bertz CT molecular complexity index is 1120. The molecular weight excluding hydrogens is 455 g/mol. The van der Waals surface area contributed by atoms with Gasteiger partial charge in [-0.2, -0.15) is 5.26 Å². The Balaban J connectivity index is 1.83. The number of nitrogens with one attached hydrogen (secondary N) is 1. The number of hydrogen-bond acceptors (Lipinski definition) is 6. The lowest BCUT2D eigenvalue weighted by Gasteiger charge is -2.20. The number of rotatable bonds is 7. The maximum atomic E-state index is 12.5. The molecule has 0 radical (unpaired) electrons. The van der Waals surface area contributed by atoms with Crippen molar-refractivity contribution in [3.63, 3.8) is 0 Å². The molecule has 1 amide bonds. The molecule has 0 saturated heterocycles. The number of thioether (sulfide) groups is 1. The van der Waals surface area contributed by atoms with Gasteiger partial charge in [-0.3, -0.25) is 14.3 Å². The van der Waals surface area contributed by atoms with Crippen molar-refractivity contribution in [2.45, 2.75) is 18.1 Å². The van der Waals surface area contributed by atoms with Crippen molar-refractivity contribution < 1.29 is 4.79 Å². The van der Waals surface area contributed by atoms with Gasteiger partial charge in [0.05, 0.1) is 23.0 Å². The summed E-state index contributed by atoms with van der Waals surface area (Å²) >= 11 is 13.3. The highest BCUT2D eigenvalue weighted by Gasteiger charge is 2.21. The van der Waals surface area contributed by atoms with Crippen LogP contribution in [0.1, 0.15) is 24.4 Å². The van der Waals surface area contributed by atoms with Gasteiger partial charge < -0.3 is 5.32 Å². The van der Waals surface area contributed by atoms with Gasteiger partial charge >= 0.3 is 0 Å². The van der Waals surface area contributed by atoms with E-state index in [9.17, 15) is 10.1 Å². The van der Waals surface area contributed by atoms with Crippen LogP contribution in [0.4, 0.5) is 5.69 Å². The Morgan fingerprint density at radius 2 is 1.87 bits per heavy atom. The summed E-state index contributed by atoms with van der Waals surface area (Å²) in [6.07, 6.45) is 0. The van der Waals surface area contributed by atoms with Crippen molar-refractivity contribution >= 4 is 46.6 Å². The van der Waals surface area contributed by atoms with Crippen LogP contribution in [0.3, 0.4) is 0 Å². The summed E-state index contributed by atoms with van der Waals surface area (Å²) in [6.45, 7) is 2.03. The number of nitrogens with zero attached hydrogens (tertiary/aromatic N) is 5. The molecule has 1 N–H and O–H groups in total. The van der Waals surface area contributed by atoms with E-state index < -0.39 is 0 Å². The summed E-state index contributed by atoms with van der Waals surface area (Å²) in [7, 11) is 3.92. The lowest BCUT2D eigenvalue weighted by atomic mass is 10.2. The van der Waals surface area contributed by atoms with Crippen LogP contribution >= 0.6 is 35.0 Å². The summed E-state index contributed by atoms with van der Waals surface area (Å²) in [5, 5.41) is 22.3. The van der Waals surface area contributed by atoms with E-state index in [2.05, 4.69) is 15.5 Å². The fourth-order valence-electron chi connectivity index (χ4n) is 2.74. The Labute approximate surface area is 195 Å². The number of amides is 1. The number of aromatic nitrogens is 3. The third-order valence-electron chi connectivity index (χ3n) is 4.60. The molecule has 1 unspecified atom stereocenters. The Morgan fingerprint density at radius 1 is 1.19 bits per heavy atom. The van der Waals surface area contributed by atoms with Gasteiger partial charge in [-0.25, -0.2) is 0 Å². The highest BCUT2D eigenvalue weighted by molar-refractivity contribution is 7.99. The summed E-state index contributed by atoms with van der Waals surface area (Å²) < 4.78 is 1.92. The predicted molar refractivity (Wildman–Crippen MR) is 124 cm³/mol. The van der Waals surface area contributed by atoms with Crippen molar-refractivity contribution in [1.29, 1.82) is 5.26 Å². The second-order valence-corrected chi connectivity index (χ2v) is 8.75. The zero-order valence-electron chi connectivity index (χ0n) is 17.1. The van der Waals surface area contributed by atoms with E-state index in [-0.39, 0.29) is 17.7 Å². The summed E-state index contributed by atoms with van der Waals surface area (Å²) in [5.74, 6) is 0.549. The average molecular weight is 475 g/mol. The number of anilines is 1. The lowest BCUT2D eigenvalue weighted by Crippen LogP contribution is -2.21. The fourth-order valence-corrected chi connectivity index (χ4v) is 3.80. The minimum Gasteiger partial charge on any atom is -0.324 e. The zero-order valence-corrected chi connectivity index (χ0v) is 19.5. The molecule has 0 bridgehead atoms. The highest BCUT2D eigenvalue weighted by atomic mass is 35.5. The largest absolute Gasteiger partial charge is 0.324 e. The van der Waals surface area contributed by atoms with E-state index >= 15 is 0 Å². The van der Waals surface area contributed by atoms with Gasteiger partial charge in [0.2, 0.25) is 5.91 Å². The zero-order chi connectivity index (χ0) is 22.5. The first-order valence-electron chi connectivity index (χ1n) is 9.30. The molecule has 0 fully saturated rings. The van der Waals surface area contributed by atoms with Gasteiger partial charge in [-0.1, -0.05) is 35.0 Å². The number of carbonyl (C=O) groups excluding carboxylic acids is 1. The van der Waals surface area contributed by atoms with Crippen molar-refractivity contribution in [1.82, 2.24) is 19.7 Å². The second kappa shape index (κ2) is 10.2. The minimum atomic E-state index is -0.281. The molecule has 160 valence electrons. The summed E-state index contributed by atoms with van der Waals surface area (Å²) in [4.78, 5) is 14.6. The van der Waals surface area contributed by atoms with Crippen molar-refractivity contribution in [2.75, 3.05) is 25.2 Å². The molecule has 0 aliphatic heterocycles. The molecule has 31 heavy (non-hydrogen) atoms. The third-order valence-corrected chi connectivity index (χ3v) is 6.02. The fraction of sp³-hybridized carbons (Fsp3) is 0.238. The van der Waals surface area contributed by atoms with Gasteiger partial charge in [-0.05, 0) is 63.5 Å². The van der Waals surface area contributed by atoms with Gasteiger partial charge in [0.1, 0.15) is 6.07 Å². The Morgan fingerprint density at radius 3 is 2.52 bits per heavy atom. The topological polar surface area (TPSA) is 86.8 Å². The predicted octanol–water partition coefficient (Wildman–Crippen LogP) is 4.80. The maximum absolute atomic E-state index is 12.5. The molecule has 2 aromatic carbocycles. The Kier molecular flexibility index (Phi) is 7.57. The van der Waals surface area contributed by atoms with Crippen molar-refractivity contribution in [3.05, 3.63) is 63.9 Å². The van der Waals surface area contributed by atoms with Crippen LogP contribution in [0.2, 0.25) is 10.0 Å². The third kappa shape index (κ3) is 5.57. The van der Waals surface area contributed by atoms with E-state index in [0.717, 1.165) is 11.5 Å². The van der Waals surface area contributed by atoms with Gasteiger partial charge in [0.25, 0.3) is 0 Å². The maximum Gasteiger partial charge on any atom is 0.234 e. The van der Waals surface area contributed by atoms with Crippen LogP contribution in [0.15, 0.2) is 47.6 Å². The number of halogens is 2. The summed E-state index contributed by atoms with van der Waals surface area (Å²) in [6, 6.07) is 14.1. The van der Waals surface area contributed by atoms with E-state index in [1.165, 1.54) is 11.8 Å². The van der Waals surface area contributed by atoms with Crippen LogP contribution in [-0.2, 0) is 4.79 Å². The van der Waals surface area contributed by atoms with Crippen molar-refractivity contribution in [3.8, 4) is 11.8 Å². The molecule has 1 heterocycles. The molecule has 0 spiro atoms. The molecule has 0 aliphatic rings. The van der Waals surface area contributed by atoms with Gasteiger partial charge in [0.15, 0.2) is 11.0 Å². The number of carbonyl (C=O) groups is 1. The molecule has 0 aliphatic carbocycles. The monoisotopic (exact) mass is 474 g/mol. The second-order valence-electron chi connectivity index (χ2n) is 6.93. The first-order valence-corrected chi connectivity index (χ1v) is 11.0. The molecule has 0 saturated carbocycles. The molecule has 3 aromatic rings. The summed E-state index contributed by atoms with van der Waals surface area (Å²) in [5.41, 5.74) is 1.57. The molecule has 3 rings (SSSR count). The first kappa shape index (κ1) is 23.1. The average Bonchev–Trinajstić information content (AvgIpc) is 3.16. The quantitative estimate of drug-likeness (QED) is 0.494. The van der Waals surface area contributed by atoms with E-state index in [1.807, 2.05) is 48.7 Å². The SMILES string of the molecule is CC(c1nnc(SCC(=O)Nc2cc(Cl)ccc2C#N)n1-c1ccc(Cl)cc1)N(C)C. The van der Waals surface area contributed by atoms with E-state index in [4.69, 9.17) is 23.2 Å². The van der Waals surface area contributed by atoms with E-state index in [1.54, 1.807) is 30.3 Å². The van der Waals surface area contributed by atoms with Gasteiger partial charge in [-0.15, -0.1) is 10.2 Å². The standard InChI is InChI=1S/C21H20Cl2N6OS/c1-13(28(2)3)20-26-27-21(29(20)17-8-6-15(22)7-9-17)31-12-19(30)25-18-10-16(23)5-4-14(18)11-24/h4-10,13H,12H2,1-3H3,(H,25,30). The lowest BCUT2D eigenvalue weighted by molar-refractivity contribution is -0.113. The molecule has 1 aromatic heterocycles. The van der Waals surface area contributed by atoms with Crippen LogP contribution < -0.4 is 5.32 Å². The van der Waals surface area contributed by atoms with Crippen LogP contribution in [0.5, 0.6) is 0 Å². The van der Waals surface area contributed by atoms with Crippen molar-refractivity contribution in [2.24, 2.45) is 0 Å².